The third-order valence-electron chi connectivity index (χ3n) is 3.63. The van der Waals surface area contributed by atoms with E-state index in [0.29, 0.717) is 0 Å². The van der Waals surface area contributed by atoms with Crippen molar-refractivity contribution in [3.63, 3.8) is 0 Å². The minimum absolute atomic E-state index is 0.0300. The molecule has 0 aromatic carbocycles. The molecular weight excluding hydrogens is 239 g/mol. The Morgan fingerprint density at radius 1 is 1.50 bits per heavy atom. The predicted molar refractivity (Wildman–Crippen MR) is 74.1 cm³/mol. The molecule has 90 valence electrons. The Morgan fingerprint density at radius 3 is 2.50 bits per heavy atom. The lowest BCUT2D eigenvalue weighted by Gasteiger charge is -2.33. The van der Waals surface area contributed by atoms with Crippen LogP contribution in [0.2, 0.25) is 0 Å². The van der Waals surface area contributed by atoms with Gasteiger partial charge in [-0.25, -0.2) is 0 Å². The van der Waals surface area contributed by atoms with Gasteiger partial charge in [0, 0.05) is 10.4 Å². The highest BCUT2D eigenvalue weighted by atomic mass is 35.5. The number of allylic oxidation sites excluding steroid dienone is 6. The first-order valence-corrected chi connectivity index (χ1v) is 6.38. The number of rotatable bonds is 2. The zero-order valence-corrected chi connectivity index (χ0v) is 12.2. The summed E-state index contributed by atoms with van der Waals surface area (Å²) in [5.41, 5.74) is 2.63. The second-order valence-electron chi connectivity index (χ2n) is 5.15. The fourth-order valence-electron chi connectivity index (χ4n) is 1.77. The van der Waals surface area contributed by atoms with Crippen LogP contribution in [0.5, 0.6) is 0 Å². The lowest BCUT2D eigenvalue weighted by molar-refractivity contribution is 0.540. The summed E-state index contributed by atoms with van der Waals surface area (Å²) in [5, 5.41) is 0.739. The Labute approximate surface area is 109 Å². The fraction of sp³-hybridized carbons (Fsp3) is 0.571. The average molecular weight is 259 g/mol. The topological polar surface area (TPSA) is 0 Å². The van der Waals surface area contributed by atoms with Crippen LogP contribution in [0.4, 0.5) is 0 Å². The molecule has 0 nitrogen and oxygen atoms in total. The van der Waals surface area contributed by atoms with Crippen LogP contribution in [0.1, 0.15) is 41.0 Å². The normalized spacial score (nSPS) is 27.6. The number of hydrogen-bond acceptors (Lipinski definition) is 0. The Morgan fingerprint density at radius 2 is 2.06 bits per heavy atom. The molecule has 1 aliphatic carbocycles. The van der Waals surface area contributed by atoms with Gasteiger partial charge < -0.3 is 0 Å². The Balaban J connectivity index is 3.07. The van der Waals surface area contributed by atoms with Gasteiger partial charge in [-0.15, -0.1) is 11.6 Å². The Hall–Kier alpha value is -0.200. The van der Waals surface area contributed by atoms with Gasteiger partial charge in [-0.3, -0.25) is 0 Å². The summed E-state index contributed by atoms with van der Waals surface area (Å²) in [6, 6.07) is 0. The van der Waals surface area contributed by atoms with E-state index in [1.807, 2.05) is 13.0 Å². The van der Waals surface area contributed by atoms with Crippen molar-refractivity contribution in [1.82, 2.24) is 0 Å². The van der Waals surface area contributed by atoms with Crippen molar-refractivity contribution in [1.29, 1.82) is 0 Å². The van der Waals surface area contributed by atoms with E-state index in [9.17, 15) is 0 Å². The van der Waals surface area contributed by atoms with Crippen LogP contribution in [0.15, 0.2) is 34.4 Å². The standard InChI is InChI=1S/C14H20Cl2/c1-6-10(2)13(3,4)11-7-8-14(5,16)12(15)9-11/h6-7,9H,8H2,1-5H3/b10-6+. The molecule has 0 saturated heterocycles. The minimum atomic E-state index is -0.426. The zero-order valence-electron chi connectivity index (χ0n) is 10.7. The van der Waals surface area contributed by atoms with E-state index in [1.165, 1.54) is 11.1 Å². The minimum Gasteiger partial charge on any atom is -0.113 e. The highest BCUT2D eigenvalue weighted by molar-refractivity contribution is 6.39. The molecule has 1 unspecified atom stereocenters. The molecule has 0 aromatic heterocycles. The molecule has 16 heavy (non-hydrogen) atoms. The van der Waals surface area contributed by atoms with Crippen LogP contribution in [-0.4, -0.2) is 4.87 Å². The van der Waals surface area contributed by atoms with Gasteiger partial charge in [0.15, 0.2) is 0 Å². The summed E-state index contributed by atoms with van der Waals surface area (Å²) in [6.45, 7) is 10.6. The van der Waals surface area contributed by atoms with Crippen molar-refractivity contribution in [2.24, 2.45) is 5.41 Å². The lowest BCUT2D eigenvalue weighted by atomic mass is 9.75. The van der Waals surface area contributed by atoms with Crippen molar-refractivity contribution in [2.45, 2.75) is 45.9 Å². The number of alkyl halides is 1. The maximum absolute atomic E-state index is 6.29. The van der Waals surface area contributed by atoms with Crippen LogP contribution >= 0.6 is 23.2 Å². The summed E-state index contributed by atoms with van der Waals surface area (Å²) in [4.78, 5) is -0.426. The van der Waals surface area contributed by atoms with Crippen LogP contribution in [0, 0.1) is 5.41 Å². The average Bonchev–Trinajstić information content (AvgIpc) is 2.20. The second kappa shape index (κ2) is 4.58. The van der Waals surface area contributed by atoms with Gasteiger partial charge in [0.1, 0.15) is 0 Å². The molecule has 0 fully saturated rings. The Bertz CT molecular complexity index is 368. The molecule has 2 heteroatoms. The SMILES string of the molecule is C/C=C(\C)C(C)(C)C1=CCC(C)(Cl)C(Cl)=C1. The third-order valence-corrected chi connectivity index (χ3v) is 4.61. The van der Waals surface area contributed by atoms with Crippen molar-refractivity contribution < 1.29 is 0 Å². The molecule has 0 bridgehead atoms. The van der Waals surface area contributed by atoms with Crippen LogP contribution < -0.4 is 0 Å². The molecule has 1 atom stereocenters. The van der Waals surface area contributed by atoms with E-state index in [-0.39, 0.29) is 5.41 Å². The molecule has 0 N–H and O–H groups in total. The quantitative estimate of drug-likeness (QED) is 0.458. The van der Waals surface area contributed by atoms with Gasteiger partial charge in [-0.1, -0.05) is 43.2 Å². The van der Waals surface area contributed by atoms with Crippen LogP contribution in [0.25, 0.3) is 0 Å². The monoisotopic (exact) mass is 258 g/mol. The zero-order chi connectivity index (χ0) is 12.6. The van der Waals surface area contributed by atoms with Crippen molar-refractivity contribution in [3.8, 4) is 0 Å². The van der Waals surface area contributed by atoms with Gasteiger partial charge in [0.2, 0.25) is 0 Å². The molecule has 0 radical (unpaired) electrons. The smallest absolute Gasteiger partial charge is 0.0807 e. The van der Waals surface area contributed by atoms with E-state index < -0.39 is 4.87 Å². The van der Waals surface area contributed by atoms with Gasteiger partial charge in [-0.2, -0.15) is 0 Å². The summed E-state index contributed by atoms with van der Waals surface area (Å²) in [5.74, 6) is 0. The molecule has 0 heterocycles. The van der Waals surface area contributed by atoms with Gasteiger partial charge in [0.25, 0.3) is 0 Å². The molecular formula is C14H20Cl2. The maximum atomic E-state index is 6.29. The number of hydrogen-bond donors (Lipinski definition) is 0. The highest BCUT2D eigenvalue weighted by Crippen LogP contribution is 2.43. The van der Waals surface area contributed by atoms with E-state index in [1.54, 1.807) is 0 Å². The van der Waals surface area contributed by atoms with Crippen LogP contribution in [-0.2, 0) is 0 Å². The van der Waals surface area contributed by atoms with E-state index in [4.69, 9.17) is 23.2 Å². The van der Waals surface area contributed by atoms with E-state index >= 15 is 0 Å². The number of halogens is 2. The van der Waals surface area contributed by atoms with Crippen molar-refractivity contribution in [2.75, 3.05) is 0 Å². The largest absolute Gasteiger partial charge is 0.113 e. The third kappa shape index (κ3) is 2.55. The molecule has 1 aliphatic rings. The van der Waals surface area contributed by atoms with Crippen molar-refractivity contribution in [3.05, 3.63) is 34.4 Å². The molecule has 0 aromatic rings. The first-order valence-electron chi connectivity index (χ1n) is 5.62. The molecule has 0 saturated carbocycles. The Kier molecular flexibility index (Phi) is 3.97. The summed E-state index contributed by atoms with van der Waals surface area (Å²) in [7, 11) is 0. The van der Waals surface area contributed by atoms with Gasteiger partial charge in [0.05, 0.1) is 4.87 Å². The van der Waals surface area contributed by atoms with E-state index in [0.717, 1.165) is 11.5 Å². The summed E-state index contributed by atoms with van der Waals surface area (Å²) in [6.07, 6.45) is 7.16. The van der Waals surface area contributed by atoms with Crippen LogP contribution in [0.3, 0.4) is 0 Å². The van der Waals surface area contributed by atoms with Crippen molar-refractivity contribution >= 4 is 23.2 Å². The molecule has 1 rings (SSSR count). The molecule has 0 amide bonds. The molecule has 0 spiro atoms. The second-order valence-corrected chi connectivity index (χ2v) is 6.39. The maximum Gasteiger partial charge on any atom is 0.0807 e. The highest BCUT2D eigenvalue weighted by Gasteiger charge is 2.32. The first-order chi connectivity index (χ1) is 7.21. The van der Waals surface area contributed by atoms with E-state index in [2.05, 4.69) is 39.8 Å². The van der Waals surface area contributed by atoms with Gasteiger partial charge >= 0.3 is 0 Å². The molecule has 0 aliphatic heterocycles. The summed E-state index contributed by atoms with van der Waals surface area (Å²) >= 11 is 12.5. The first kappa shape index (κ1) is 13.9. The fourth-order valence-corrected chi connectivity index (χ4v) is 2.10. The van der Waals surface area contributed by atoms with Gasteiger partial charge in [-0.05, 0) is 38.8 Å². The predicted octanol–water partition coefficient (Wildman–Crippen LogP) is 5.43. The lowest BCUT2D eigenvalue weighted by Crippen LogP contribution is -2.24. The summed E-state index contributed by atoms with van der Waals surface area (Å²) < 4.78 is 0.